The molecule has 0 aromatic carbocycles. The summed E-state index contributed by atoms with van der Waals surface area (Å²) in [6.45, 7) is 20.6. The third-order valence-corrected chi connectivity index (χ3v) is 10.1. The highest BCUT2D eigenvalue weighted by Gasteiger charge is 2.59. The molecule has 5 heteroatoms. The largest absolute Gasteiger partial charge is 0.346 e. The van der Waals surface area contributed by atoms with E-state index in [0.29, 0.717) is 19.3 Å². The summed E-state index contributed by atoms with van der Waals surface area (Å²) in [6, 6.07) is 0.356. The summed E-state index contributed by atoms with van der Waals surface area (Å²) in [5, 5.41) is 0. The van der Waals surface area contributed by atoms with E-state index < -0.39 is 11.7 Å². The van der Waals surface area contributed by atoms with Crippen molar-refractivity contribution in [3.63, 3.8) is 0 Å². The molecule has 4 fully saturated rings. The van der Waals surface area contributed by atoms with E-state index in [2.05, 4.69) is 60.3 Å². The lowest BCUT2D eigenvalue weighted by molar-refractivity contribution is -0.149. The van der Waals surface area contributed by atoms with Gasteiger partial charge in [-0.2, -0.15) is 0 Å². The second-order valence-electron chi connectivity index (χ2n) is 14.2. The second-order valence-corrected chi connectivity index (χ2v) is 14.2. The molecule has 3 nitrogen and oxygen atoms in total. The summed E-state index contributed by atoms with van der Waals surface area (Å²) in [6.07, 6.45) is 4.98. The van der Waals surface area contributed by atoms with Crippen molar-refractivity contribution in [1.29, 1.82) is 0 Å². The maximum Gasteiger partial charge on any atom is 0.248 e. The van der Waals surface area contributed by atoms with Crippen LogP contribution in [0.1, 0.15) is 100 Å². The Morgan fingerprint density at radius 2 is 1.12 bits per heavy atom. The summed E-state index contributed by atoms with van der Waals surface area (Å²) in [5.74, 6) is -2.87. The van der Waals surface area contributed by atoms with Crippen molar-refractivity contribution in [2.45, 2.75) is 124 Å². The average molecular weight is 456 g/mol. The molecule has 3 heterocycles. The molecule has 4 aliphatic rings. The second kappa shape index (κ2) is 7.62. The molecule has 1 spiro atoms. The lowest BCUT2D eigenvalue weighted by Crippen LogP contribution is -2.53. The number of fused-ring (bicyclic) bond motifs is 2. The normalized spacial score (nSPS) is 39.8. The third-order valence-electron chi connectivity index (χ3n) is 10.1. The predicted octanol–water partition coefficient (Wildman–Crippen LogP) is 6.90. The Hall–Kier alpha value is -0.260. The van der Waals surface area contributed by atoms with Gasteiger partial charge in [-0.1, -0.05) is 41.5 Å². The number of alkyl halides is 2. The van der Waals surface area contributed by atoms with Crippen LogP contribution in [0.2, 0.25) is 0 Å². The van der Waals surface area contributed by atoms with Gasteiger partial charge in [0.1, 0.15) is 0 Å². The van der Waals surface area contributed by atoms with E-state index in [1.807, 2.05) is 0 Å². The first-order chi connectivity index (χ1) is 14.5. The van der Waals surface area contributed by atoms with Crippen LogP contribution in [0, 0.1) is 28.1 Å². The van der Waals surface area contributed by atoms with E-state index in [9.17, 15) is 8.78 Å². The van der Waals surface area contributed by atoms with Gasteiger partial charge >= 0.3 is 0 Å². The first-order valence-electron chi connectivity index (χ1n) is 12.9. The van der Waals surface area contributed by atoms with Gasteiger partial charge in [0.2, 0.25) is 5.92 Å². The fourth-order valence-electron chi connectivity index (χ4n) is 7.49. The zero-order chi connectivity index (χ0) is 23.8. The van der Waals surface area contributed by atoms with Crippen LogP contribution in [0.25, 0.3) is 0 Å². The van der Waals surface area contributed by atoms with Crippen LogP contribution in [-0.4, -0.2) is 47.9 Å². The van der Waals surface area contributed by atoms with Crippen LogP contribution < -0.4 is 0 Å². The molecule has 3 saturated heterocycles. The lowest BCUT2D eigenvalue weighted by Gasteiger charge is -2.50. The fraction of sp³-hybridized carbons (Fsp3) is 1.00. The zero-order valence-corrected chi connectivity index (χ0v) is 21.8. The Morgan fingerprint density at radius 1 is 0.656 bits per heavy atom. The maximum absolute atomic E-state index is 14.8. The van der Waals surface area contributed by atoms with Crippen molar-refractivity contribution in [3.05, 3.63) is 0 Å². The molecular formula is C27H47F2NO2. The molecule has 186 valence electrons. The zero-order valence-electron chi connectivity index (χ0n) is 21.8. The Kier molecular flexibility index (Phi) is 5.92. The Morgan fingerprint density at radius 3 is 1.66 bits per heavy atom. The predicted molar refractivity (Wildman–Crippen MR) is 125 cm³/mol. The first-order valence-corrected chi connectivity index (χ1v) is 12.9. The number of nitrogens with zero attached hydrogens (tertiary/aromatic N) is 1. The molecule has 0 bridgehead atoms. The number of hydrogen-bond acceptors (Lipinski definition) is 3. The quantitative estimate of drug-likeness (QED) is 0.397. The first kappa shape index (κ1) is 24.9. The van der Waals surface area contributed by atoms with Crippen molar-refractivity contribution >= 4 is 0 Å². The van der Waals surface area contributed by atoms with Crippen LogP contribution in [-0.2, 0) is 9.47 Å². The van der Waals surface area contributed by atoms with Gasteiger partial charge < -0.3 is 9.47 Å². The van der Waals surface area contributed by atoms with E-state index in [1.165, 1.54) is 0 Å². The van der Waals surface area contributed by atoms with Crippen LogP contribution in [0.4, 0.5) is 8.78 Å². The van der Waals surface area contributed by atoms with Gasteiger partial charge in [-0.05, 0) is 67.6 Å². The third kappa shape index (κ3) is 4.40. The molecule has 0 aromatic heterocycles. The molecule has 0 radical (unpaired) electrons. The van der Waals surface area contributed by atoms with Crippen molar-refractivity contribution in [3.8, 4) is 0 Å². The molecule has 3 atom stereocenters. The molecule has 4 rings (SSSR count). The minimum Gasteiger partial charge on any atom is -0.346 e. The SMILES string of the molecule is CC1(C)CCC(C)(C)C2CC3(CN2C(C)(C)CCC(C)(C)C2CC(F)(F)CC21)OCCO3. The Balaban J connectivity index is 1.70. The van der Waals surface area contributed by atoms with Crippen molar-refractivity contribution in [2.75, 3.05) is 19.8 Å². The minimum atomic E-state index is -2.53. The highest BCUT2D eigenvalue weighted by molar-refractivity contribution is 5.07. The van der Waals surface area contributed by atoms with Crippen LogP contribution in [0.3, 0.4) is 0 Å². The Labute approximate surface area is 195 Å². The highest BCUT2D eigenvalue weighted by atomic mass is 19.3. The van der Waals surface area contributed by atoms with Crippen LogP contribution >= 0.6 is 0 Å². The summed E-state index contributed by atoms with van der Waals surface area (Å²) in [4.78, 5) is 2.66. The molecule has 3 aliphatic heterocycles. The van der Waals surface area contributed by atoms with Gasteiger partial charge in [-0.15, -0.1) is 0 Å². The van der Waals surface area contributed by atoms with Crippen molar-refractivity contribution in [2.24, 2.45) is 28.1 Å². The standard InChI is InChI=1S/C27H47F2NO2/c1-22(2)9-10-24(5,6)21-17-27(31-13-14-32-27)18-30(21)25(7,8)12-11-23(3,4)20-16-26(28,29)15-19(20)22/h19-21H,9-18H2,1-8H3. The van der Waals surface area contributed by atoms with Crippen LogP contribution in [0.5, 0.6) is 0 Å². The lowest BCUT2D eigenvalue weighted by atomic mass is 9.60. The van der Waals surface area contributed by atoms with Gasteiger partial charge in [0, 0.05) is 30.8 Å². The smallest absolute Gasteiger partial charge is 0.248 e. The molecule has 0 N–H and O–H groups in total. The monoisotopic (exact) mass is 455 g/mol. The molecule has 32 heavy (non-hydrogen) atoms. The van der Waals surface area contributed by atoms with E-state index >= 15 is 0 Å². The minimum absolute atomic E-state index is 0.0383. The maximum atomic E-state index is 14.8. The van der Waals surface area contributed by atoms with E-state index in [-0.39, 0.29) is 46.5 Å². The van der Waals surface area contributed by atoms with Gasteiger partial charge in [0.25, 0.3) is 0 Å². The molecule has 1 saturated carbocycles. The highest BCUT2D eigenvalue weighted by Crippen LogP contribution is 2.60. The molecule has 0 aromatic rings. The van der Waals surface area contributed by atoms with Gasteiger partial charge in [0.15, 0.2) is 5.79 Å². The molecular weight excluding hydrogens is 408 g/mol. The summed E-state index contributed by atoms with van der Waals surface area (Å²) in [7, 11) is 0. The molecule has 0 amide bonds. The van der Waals surface area contributed by atoms with Crippen LogP contribution in [0.15, 0.2) is 0 Å². The van der Waals surface area contributed by atoms with E-state index in [4.69, 9.17) is 9.47 Å². The molecule has 3 unspecified atom stereocenters. The number of hydrogen-bond donors (Lipinski definition) is 0. The van der Waals surface area contributed by atoms with Crippen molar-refractivity contribution in [1.82, 2.24) is 4.90 Å². The van der Waals surface area contributed by atoms with Crippen molar-refractivity contribution < 1.29 is 18.3 Å². The fourth-order valence-corrected chi connectivity index (χ4v) is 7.49. The molecule has 1 aliphatic carbocycles. The van der Waals surface area contributed by atoms with E-state index in [1.54, 1.807) is 0 Å². The average Bonchev–Trinajstić information content (AvgIpc) is 3.37. The number of halogens is 2. The summed E-state index contributed by atoms with van der Waals surface area (Å²) in [5.41, 5.74) is -0.196. The van der Waals surface area contributed by atoms with E-state index in [0.717, 1.165) is 38.6 Å². The number of ether oxygens (including phenoxy) is 2. The van der Waals surface area contributed by atoms with Gasteiger partial charge in [-0.3, -0.25) is 4.90 Å². The number of rotatable bonds is 0. The van der Waals surface area contributed by atoms with Gasteiger partial charge in [0.05, 0.1) is 19.8 Å². The summed E-state index contributed by atoms with van der Waals surface area (Å²) < 4.78 is 42.0. The summed E-state index contributed by atoms with van der Waals surface area (Å²) >= 11 is 0. The Bertz CT molecular complexity index is 656. The van der Waals surface area contributed by atoms with Gasteiger partial charge in [-0.25, -0.2) is 8.78 Å². The topological polar surface area (TPSA) is 21.7 Å².